The number of nitrogens with zero attached hydrogens (tertiary/aromatic N) is 3. The van der Waals surface area contributed by atoms with Crippen LogP contribution in [-0.4, -0.2) is 58.2 Å². The molecule has 11 nitrogen and oxygen atoms in total. The van der Waals surface area contributed by atoms with Crippen molar-refractivity contribution in [2.24, 2.45) is 11.8 Å². The Hall–Kier alpha value is -3.83. The molecule has 0 bridgehead atoms. The quantitative estimate of drug-likeness (QED) is 0.396. The zero-order valence-corrected chi connectivity index (χ0v) is 19.2. The number of hydrogen-bond donors (Lipinski definition) is 4. The maximum absolute atomic E-state index is 13.0. The number of aromatic nitrogens is 3. The summed E-state index contributed by atoms with van der Waals surface area (Å²) in [5.41, 5.74) is 2.50. The molecule has 2 amide bonds. The summed E-state index contributed by atoms with van der Waals surface area (Å²) in [5, 5.41) is 19.5. The molecule has 0 radical (unpaired) electrons. The molecule has 0 unspecified atom stereocenters. The van der Waals surface area contributed by atoms with Crippen LogP contribution in [0.15, 0.2) is 36.5 Å². The van der Waals surface area contributed by atoms with Crippen molar-refractivity contribution < 1.29 is 24.2 Å². The molecule has 1 aliphatic carbocycles. The standard InChI is InChI=1S/C24H26N6O5/c1-34-21-5-3-16-22(30-21)17(6-7-26-16)28-24(33)13-8-14(18(31)9-13)10-25-11-15-2-4-19-23(27-15)29-20(32)12-35-19/h2-7,13-14,18,25,31H,8-12H2,1H3,(H,26,28,33)(H,27,29,32)/t13-,14+,18+/m0/s1. The molecule has 0 spiro atoms. The van der Waals surface area contributed by atoms with E-state index in [1.807, 2.05) is 6.07 Å². The molecule has 182 valence electrons. The first kappa shape index (κ1) is 22.9. The molecule has 35 heavy (non-hydrogen) atoms. The van der Waals surface area contributed by atoms with Gasteiger partial charge in [0.25, 0.3) is 5.91 Å². The number of anilines is 2. The Balaban J connectivity index is 1.17. The van der Waals surface area contributed by atoms with Crippen LogP contribution in [0.1, 0.15) is 18.5 Å². The first-order valence-electron chi connectivity index (χ1n) is 11.4. The summed E-state index contributed by atoms with van der Waals surface area (Å²) in [6.07, 6.45) is 1.98. The van der Waals surface area contributed by atoms with Crippen molar-refractivity contribution in [1.82, 2.24) is 20.3 Å². The molecule has 5 rings (SSSR count). The smallest absolute Gasteiger partial charge is 0.263 e. The highest BCUT2D eigenvalue weighted by atomic mass is 16.5. The third-order valence-corrected chi connectivity index (χ3v) is 6.30. The minimum atomic E-state index is -0.588. The number of rotatable bonds is 7. The van der Waals surface area contributed by atoms with E-state index in [1.165, 1.54) is 7.11 Å². The van der Waals surface area contributed by atoms with Gasteiger partial charge in [0, 0.05) is 31.3 Å². The number of nitrogens with one attached hydrogen (secondary N) is 3. The molecule has 0 aromatic carbocycles. The number of methoxy groups -OCH3 is 1. The Bertz CT molecular complexity index is 1270. The molecule has 2 aliphatic rings. The fraction of sp³-hybridized carbons (Fsp3) is 0.375. The maximum atomic E-state index is 13.0. The summed E-state index contributed by atoms with van der Waals surface area (Å²) in [5.74, 6) is 0.613. The van der Waals surface area contributed by atoms with Crippen LogP contribution in [0.5, 0.6) is 11.6 Å². The Morgan fingerprint density at radius 2 is 2.11 bits per heavy atom. The van der Waals surface area contributed by atoms with E-state index < -0.39 is 6.10 Å². The largest absolute Gasteiger partial charge is 0.481 e. The first-order chi connectivity index (χ1) is 17.0. The molecule has 3 atom stereocenters. The zero-order valence-electron chi connectivity index (χ0n) is 19.2. The van der Waals surface area contributed by atoms with Crippen molar-refractivity contribution in [2.75, 3.05) is 30.9 Å². The van der Waals surface area contributed by atoms with Crippen molar-refractivity contribution in [3.63, 3.8) is 0 Å². The number of carbonyl (C=O) groups is 2. The van der Waals surface area contributed by atoms with E-state index in [-0.39, 0.29) is 30.3 Å². The average molecular weight is 479 g/mol. The summed E-state index contributed by atoms with van der Waals surface area (Å²) < 4.78 is 10.5. The van der Waals surface area contributed by atoms with E-state index in [1.54, 1.807) is 30.5 Å². The van der Waals surface area contributed by atoms with Crippen LogP contribution in [0, 0.1) is 11.8 Å². The number of amides is 2. The summed E-state index contributed by atoms with van der Waals surface area (Å²) in [4.78, 5) is 37.6. The van der Waals surface area contributed by atoms with Gasteiger partial charge in [0.05, 0.1) is 30.1 Å². The predicted molar refractivity (Wildman–Crippen MR) is 127 cm³/mol. The lowest BCUT2D eigenvalue weighted by atomic mass is 10.0. The lowest BCUT2D eigenvalue weighted by Crippen LogP contribution is -2.29. The number of aliphatic hydroxyl groups is 1. The van der Waals surface area contributed by atoms with Crippen LogP contribution in [0.3, 0.4) is 0 Å². The van der Waals surface area contributed by atoms with Gasteiger partial charge in [0.1, 0.15) is 5.52 Å². The Morgan fingerprint density at radius 3 is 2.97 bits per heavy atom. The Labute approximate surface area is 201 Å². The van der Waals surface area contributed by atoms with Crippen molar-refractivity contribution in [2.45, 2.75) is 25.5 Å². The second kappa shape index (κ2) is 9.80. The van der Waals surface area contributed by atoms with Gasteiger partial charge in [-0.2, -0.15) is 0 Å². The molecule has 1 aliphatic heterocycles. The summed E-state index contributed by atoms with van der Waals surface area (Å²) in [7, 11) is 1.53. The number of carbonyl (C=O) groups excluding carboxylic acids is 2. The minimum Gasteiger partial charge on any atom is -0.481 e. The average Bonchev–Trinajstić information content (AvgIpc) is 3.24. The van der Waals surface area contributed by atoms with E-state index >= 15 is 0 Å². The predicted octanol–water partition coefficient (Wildman–Crippen LogP) is 1.48. The summed E-state index contributed by atoms with van der Waals surface area (Å²) >= 11 is 0. The van der Waals surface area contributed by atoms with Gasteiger partial charge in [-0.05, 0) is 43.0 Å². The number of fused-ring (bicyclic) bond motifs is 2. The third-order valence-electron chi connectivity index (χ3n) is 6.30. The Kier molecular flexibility index (Phi) is 6.43. The molecular weight excluding hydrogens is 452 g/mol. The number of hydrogen-bond acceptors (Lipinski definition) is 9. The molecule has 4 heterocycles. The van der Waals surface area contributed by atoms with Gasteiger partial charge in [-0.3, -0.25) is 14.6 Å². The summed E-state index contributed by atoms with van der Waals surface area (Å²) in [6.45, 7) is 0.978. The van der Waals surface area contributed by atoms with Gasteiger partial charge >= 0.3 is 0 Å². The van der Waals surface area contributed by atoms with Crippen LogP contribution in [-0.2, 0) is 16.1 Å². The van der Waals surface area contributed by atoms with E-state index in [2.05, 4.69) is 30.9 Å². The highest BCUT2D eigenvalue weighted by Gasteiger charge is 2.36. The topological polar surface area (TPSA) is 148 Å². The lowest BCUT2D eigenvalue weighted by Gasteiger charge is -2.18. The Morgan fingerprint density at radius 1 is 1.23 bits per heavy atom. The van der Waals surface area contributed by atoms with Gasteiger partial charge in [0.2, 0.25) is 11.8 Å². The molecule has 3 aromatic heterocycles. The fourth-order valence-corrected chi connectivity index (χ4v) is 4.48. The second-order valence-corrected chi connectivity index (χ2v) is 8.68. The van der Waals surface area contributed by atoms with Crippen LogP contribution >= 0.6 is 0 Å². The minimum absolute atomic E-state index is 0.0112. The molecule has 1 fully saturated rings. The highest BCUT2D eigenvalue weighted by molar-refractivity contribution is 6.00. The van der Waals surface area contributed by atoms with E-state index in [9.17, 15) is 14.7 Å². The normalized spacial score (nSPS) is 21.2. The van der Waals surface area contributed by atoms with Crippen LogP contribution < -0.4 is 25.4 Å². The molecule has 3 aromatic rings. The van der Waals surface area contributed by atoms with Crippen LogP contribution in [0.4, 0.5) is 11.5 Å². The molecule has 0 saturated heterocycles. The van der Waals surface area contributed by atoms with E-state index in [4.69, 9.17) is 9.47 Å². The molecule has 4 N–H and O–H groups in total. The summed E-state index contributed by atoms with van der Waals surface area (Å²) in [6, 6.07) is 8.81. The molecule has 1 saturated carbocycles. The monoisotopic (exact) mass is 478 g/mol. The lowest BCUT2D eigenvalue weighted by molar-refractivity contribution is -0.120. The maximum Gasteiger partial charge on any atom is 0.263 e. The van der Waals surface area contributed by atoms with Crippen LogP contribution in [0.2, 0.25) is 0 Å². The first-order valence-corrected chi connectivity index (χ1v) is 11.4. The van der Waals surface area contributed by atoms with Crippen molar-refractivity contribution in [1.29, 1.82) is 0 Å². The SMILES string of the molecule is COc1ccc2nccc(NC(=O)[C@H]3C[C@H](CNCc4ccc5c(n4)NC(=O)CO5)[C@H](O)C3)c2n1. The van der Waals surface area contributed by atoms with Gasteiger partial charge in [-0.15, -0.1) is 0 Å². The van der Waals surface area contributed by atoms with Crippen molar-refractivity contribution in [3.8, 4) is 11.6 Å². The molecular formula is C24H26N6O5. The number of ether oxygens (including phenoxy) is 2. The fourth-order valence-electron chi connectivity index (χ4n) is 4.48. The number of aliphatic hydroxyl groups excluding tert-OH is 1. The molecule has 11 heteroatoms. The zero-order chi connectivity index (χ0) is 24.4. The van der Waals surface area contributed by atoms with E-state index in [0.717, 1.165) is 5.69 Å². The van der Waals surface area contributed by atoms with Crippen molar-refractivity contribution in [3.05, 3.63) is 42.2 Å². The van der Waals surface area contributed by atoms with Crippen molar-refractivity contribution >= 4 is 34.4 Å². The van der Waals surface area contributed by atoms with Gasteiger partial charge in [0.15, 0.2) is 18.2 Å². The highest BCUT2D eigenvalue weighted by Crippen LogP contribution is 2.33. The van der Waals surface area contributed by atoms with Gasteiger partial charge in [-0.1, -0.05) is 0 Å². The van der Waals surface area contributed by atoms with Crippen LogP contribution in [0.25, 0.3) is 11.0 Å². The third kappa shape index (κ3) is 5.00. The second-order valence-electron chi connectivity index (χ2n) is 8.68. The number of pyridine rings is 3. The van der Waals surface area contributed by atoms with E-state index in [0.29, 0.717) is 60.1 Å². The van der Waals surface area contributed by atoms with Gasteiger partial charge < -0.3 is 30.5 Å². The van der Waals surface area contributed by atoms with Gasteiger partial charge in [-0.25, -0.2) is 9.97 Å².